The minimum atomic E-state index is -1.24. The first-order chi connectivity index (χ1) is 9.71. The first-order valence-corrected chi connectivity index (χ1v) is 6.98. The van der Waals surface area contributed by atoms with E-state index < -0.39 is 27.0 Å². The summed E-state index contributed by atoms with van der Waals surface area (Å²) in [4.78, 5) is 32.8. The molecule has 0 aromatic heterocycles. The summed E-state index contributed by atoms with van der Waals surface area (Å²) in [5, 5.41) is 13.1. The van der Waals surface area contributed by atoms with Crippen LogP contribution in [0.2, 0.25) is 0 Å². The van der Waals surface area contributed by atoms with E-state index in [0.29, 0.717) is 6.42 Å². The summed E-state index contributed by atoms with van der Waals surface area (Å²) in [6.45, 7) is 3.24. The maximum Gasteiger partial charge on any atom is 0.269 e. The maximum atomic E-state index is 12.1. The molecule has 0 spiro atoms. The summed E-state index contributed by atoms with van der Waals surface area (Å²) in [7, 11) is 0. The van der Waals surface area contributed by atoms with Gasteiger partial charge < -0.3 is 5.32 Å². The summed E-state index contributed by atoms with van der Waals surface area (Å²) in [5.74, 6) is -1.04. The van der Waals surface area contributed by atoms with Crippen LogP contribution in [0.25, 0.3) is 0 Å². The highest BCUT2D eigenvalue weighted by Gasteiger charge is 2.36. The highest BCUT2D eigenvalue weighted by Crippen LogP contribution is 2.20. The number of carbonyl (C=O) groups is 2. The molecule has 0 saturated heterocycles. The zero-order chi connectivity index (χ0) is 16.2. The van der Waals surface area contributed by atoms with E-state index in [1.807, 2.05) is 0 Å². The van der Waals surface area contributed by atoms with Crippen molar-refractivity contribution in [3.05, 3.63) is 39.9 Å². The molecule has 6 nitrogen and oxygen atoms in total. The van der Waals surface area contributed by atoms with Gasteiger partial charge in [-0.05, 0) is 25.5 Å². The molecule has 1 aromatic rings. The number of alkyl halides is 2. The van der Waals surface area contributed by atoms with Gasteiger partial charge in [0.1, 0.15) is 0 Å². The first-order valence-electron chi connectivity index (χ1n) is 6.10. The van der Waals surface area contributed by atoms with E-state index in [-0.39, 0.29) is 11.3 Å². The third kappa shape index (κ3) is 4.15. The van der Waals surface area contributed by atoms with Crippen LogP contribution < -0.4 is 5.32 Å². The topological polar surface area (TPSA) is 89.3 Å². The first kappa shape index (κ1) is 17.4. The number of nitrogens with zero attached hydrogens (tertiary/aromatic N) is 1. The Morgan fingerprint density at radius 1 is 1.33 bits per heavy atom. The second kappa shape index (κ2) is 6.87. The molecule has 0 saturated carbocycles. The number of nitrogens with one attached hydrogen (secondary N) is 1. The molecule has 0 aliphatic carbocycles. The highest BCUT2D eigenvalue weighted by molar-refractivity contribution is 6.54. The van der Waals surface area contributed by atoms with Crippen molar-refractivity contribution in [2.75, 3.05) is 0 Å². The molecule has 1 N–H and O–H groups in total. The lowest BCUT2D eigenvalue weighted by Gasteiger charge is -2.28. The van der Waals surface area contributed by atoms with Crippen LogP contribution in [-0.4, -0.2) is 27.0 Å². The number of amides is 1. The number of hydrogen-bond donors (Lipinski definition) is 1. The van der Waals surface area contributed by atoms with Gasteiger partial charge in [0.2, 0.25) is 0 Å². The molecule has 0 heterocycles. The molecule has 114 valence electrons. The van der Waals surface area contributed by atoms with Gasteiger partial charge in [0, 0.05) is 17.7 Å². The van der Waals surface area contributed by atoms with Crippen LogP contribution in [0.4, 0.5) is 5.69 Å². The van der Waals surface area contributed by atoms with Crippen molar-refractivity contribution < 1.29 is 14.5 Å². The predicted octanol–water partition coefficient (Wildman–Crippen LogP) is 2.87. The monoisotopic (exact) mass is 332 g/mol. The van der Waals surface area contributed by atoms with Crippen molar-refractivity contribution in [2.45, 2.75) is 30.6 Å². The van der Waals surface area contributed by atoms with Crippen LogP contribution in [0, 0.1) is 10.1 Å². The number of Topliss-reactive ketones (excluding diaryl/α,β-unsaturated/α-hetero) is 1. The summed E-state index contributed by atoms with van der Waals surface area (Å²) in [6, 6.07) is 5.05. The zero-order valence-corrected chi connectivity index (χ0v) is 12.9. The normalized spacial score (nSPS) is 13.6. The third-order valence-corrected chi connectivity index (χ3v) is 3.58. The minimum Gasteiger partial charge on any atom is -0.340 e. The Labute approximate surface area is 131 Å². The van der Waals surface area contributed by atoms with Gasteiger partial charge in [-0.25, -0.2) is 0 Å². The fourth-order valence-corrected chi connectivity index (χ4v) is 2.10. The second-order valence-corrected chi connectivity index (χ2v) is 5.70. The molecule has 1 unspecified atom stereocenters. The van der Waals surface area contributed by atoms with Crippen molar-refractivity contribution in [3.63, 3.8) is 0 Å². The number of carbonyl (C=O) groups excluding carboxylic acids is 2. The third-order valence-electron chi connectivity index (χ3n) is 3.18. The number of rotatable bonds is 6. The molecule has 0 bridgehead atoms. The zero-order valence-electron chi connectivity index (χ0n) is 11.4. The number of nitro groups is 1. The number of hydrogen-bond acceptors (Lipinski definition) is 4. The van der Waals surface area contributed by atoms with Gasteiger partial charge in [-0.2, -0.15) is 0 Å². The van der Waals surface area contributed by atoms with Gasteiger partial charge >= 0.3 is 0 Å². The van der Waals surface area contributed by atoms with Gasteiger partial charge in [0.05, 0.1) is 10.5 Å². The largest absolute Gasteiger partial charge is 0.340 e. The summed E-state index contributed by atoms with van der Waals surface area (Å²) >= 11 is 11.1. The second-order valence-electron chi connectivity index (χ2n) is 4.61. The van der Waals surface area contributed by atoms with E-state index in [4.69, 9.17) is 23.2 Å². The Balaban J connectivity index is 2.93. The maximum absolute atomic E-state index is 12.1. The summed E-state index contributed by atoms with van der Waals surface area (Å²) in [6.07, 6.45) is 0.306. The van der Waals surface area contributed by atoms with E-state index in [1.165, 1.54) is 31.2 Å². The molecule has 8 heteroatoms. The molecule has 0 radical (unpaired) electrons. The number of nitro benzene ring substituents is 1. The van der Waals surface area contributed by atoms with Crippen LogP contribution in [0.3, 0.4) is 0 Å². The van der Waals surface area contributed by atoms with Crippen LogP contribution in [0.5, 0.6) is 0 Å². The van der Waals surface area contributed by atoms with E-state index >= 15 is 0 Å². The molecule has 1 amide bonds. The number of non-ortho nitro benzene ring substituents is 1. The Morgan fingerprint density at radius 2 is 1.86 bits per heavy atom. The van der Waals surface area contributed by atoms with Crippen molar-refractivity contribution in [1.29, 1.82) is 0 Å². The van der Waals surface area contributed by atoms with E-state index in [2.05, 4.69) is 5.32 Å². The molecular formula is C13H14Cl2N2O4. The predicted molar refractivity (Wildman–Crippen MR) is 79.8 cm³/mol. The lowest BCUT2D eigenvalue weighted by Crippen LogP contribution is -2.53. The van der Waals surface area contributed by atoms with Gasteiger partial charge in [-0.1, -0.05) is 30.1 Å². The van der Waals surface area contributed by atoms with Gasteiger partial charge in [0.15, 0.2) is 10.6 Å². The van der Waals surface area contributed by atoms with E-state index in [9.17, 15) is 19.7 Å². The van der Waals surface area contributed by atoms with Crippen LogP contribution in [0.1, 0.15) is 30.6 Å². The average molecular weight is 333 g/mol. The molecule has 1 rings (SSSR count). The fourth-order valence-electron chi connectivity index (χ4n) is 1.62. The van der Waals surface area contributed by atoms with Crippen molar-refractivity contribution in [1.82, 2.24) is 5.32 Å². The van der Waals surface area contributed by atoms with E-state index in [1.54, 1.807) is 6.92 Å². The fraction of sp³-hybridized carbons (Fsp3) is 0.385. The van der Waals surface area contributed by atoms with Crippen LogP contribution >= 0.6 is 23.2 Å². The molecule has 21 heavy (non-hydrogen) atoms. The lowest BCUT2D eigenvalue weighted by atomic mass is 9.93. The minimum absolute atomic E-state index is 0.123. The summed E-state index contributed by atoms with van der Waals surface area (Å²) < 4.78 is 0. The van der Waals surface area contributed by atoms with Gasteiger partial charge in [0.25, 0.3) is 11.6 Å². The van der Waals surface area contributed by atoms with E-state index in [0.717, 1.165) is 0 Å². The van der Waals surface area contributed by atoms with Crippen molar-refractivity contribution >= 4 is 40.6 Å². The van der Waals surface area contributed by atoms with Gasteiger partial charge in [-0.15, -0.1) is 0 Å². The van der Waals surface area contributed by atoms with Crippen molar-refractivity contribution in [3.8, 4) is 0 Å². The lowest BCUT2D eigenvalue weighted by molar-refractivity contribution is -0.384. The Bertz CT molecular complexity index is 560. The molecule has 0 aliphatic heterocycles. The standard InChI is InChI=1S/C13H14Cl2N2O4/c1-3-13(2,10(18)11(14)15)16-12(19)8-4-6-9(7-5-8)17(20)21/h4-7,11H,3H2,1-2H3,(H,16,19). The molecular weight excluding hydrogens is 319 g/mol. The number of ketones is 1. The Kier molecular flexibility index (Phi) is 5.69. The highest BCUT2D eigenvalue weighted by atomic mass is 35.5. The smallest absolute Gasteiger partial charge is 0.269 e. The molecule has 0 aliphatic rings. The Morgan fingerprint density at radius 3 is 2.24 bits per heavy atom. The average Bonchev–Trinajstić information content (AvgIpc) is 2.46. The molecule has 1 aromatic carbocycles. The molecule has 0 fully saturated rings. The van der Waals surface area contributed by atoms with Crippen LogP contribution in [-0.2, 0) is 4.79 Å². The van der Waals surface area contributed by atoms with Crippen LogP contribution in [0.15, 0.2) is 24.3 Å². The Hall–Kier alpha value is -1.66. The quantitative estimate of drug-likeness (QED) is 0.492. The molecule has 1 atom stereocenters. The van der Waals surface area contributed by atoms with Gasteiger partial charge in [-0.3, -0.25) is 19.7 Å². The number of halogens is 2. The number of benzene rings is 1. The summed E-state index contributed by atoms with van der Waals surface area (Å²) in [5.41, 5.74) is -1.12. The van der Waals surface area contributed by atoms with Crippen molar-refractivity contribution in [2.24, 2.45) is 0 Å². The SMILES string of the molecule is CCC(C)(NC(=O)c1ccc([N+](=O)[O-])cc1)C(=O)C(Cl)Cl.